The molecule has 0 aromatic heterocycles. The number of carbonyl (C=O) groups is 2. The minimum atomic E-state index is -0.572. The summed E-state index contributed by atoms with van der Waals surface area (Å²) in [5.74, 6) is 0. The van der Waals surface area contributed by atoms with Gasteiger partial charge in [-0.3, -0.25) is 0 Å². The maximum Gasteiger partial charge on any atom is 0.410 e. The molecule has 6 nitrogen and oxygen atoms in total. The van der Waals surface area contributed by atoms with Crippen LogP contribution in [0.25, 0.3) is 0 Å². The van der Waals surface area contributed by atoms with E-state index in [1.54, 1.807) is 19.2 Å². The fraction of sp³-hybridized carbons (Fsp3) is 0.364. The molecule has 0 saturated carbocycles. The molecule has 0 heterocycles. The number of nitrogens with zero attached hydrogens (tertiary/aromatic N) is 1. The third-order valence-electron chi connectivity index (χ3n) is 4.10. The molecule has 0 radical (unpaired) electrons. The van der Waals surface area contributed by atoms with Gasteiger partial charge in [-0.1, -0.05) is 48.0 Å². The number of para-hydroxylation sites is 1. The number of ether oxygens (including phenoxy) is 1. The van der Waals surface area contributed by atoms with Gasteiger partial charge in [0, 0.05) is 17.8 Å². The van der Waals surface area contributed by atoms with Gasteiger partial charge in [0.15, 0.2) is 0 Å². The van der Waals surface area contributed by atoms with Crippen molar-refractivity contribution < 1.29 is 14.3 Å². The van der Waals surface area contributed by atoms with Gasteiger partial charge in [0.05, 0.1) is 12.6 Å². The van der Waals surface area contributed by atoms with E-state index >= 15 is 0 Å². The SMILES string of the molecule is CC(NC(=O)Nc1ccccc1CN(C)C(=O)OC(C)(C)C)c1ccccc1Cl. The van der Waals surface area contributed by atoms with E-state index in [0.29, 0.717) is 17.3 Å². The second-order valence-corrected chi connectivity index (χ2v) is 8.24. The number of halogens is 1. The second-order valence-electron chi connectivity index (χ2n) is 7.84. The predicted molar refractivity (Wildman–Crippen MR) is 116 cm³/mol. The molecule has 3 amide bonds. The van der Waals surface area contributed by atoms with Gasteiger partial charge >= 0.3 is 12.1 Å². The lowest BCUT2D eigenvalue weighted by molar-refractivity contribution is 0.0285. The van der Waals surface area contributed by atoms with E-state index in [-0.39, 0.29) is 12.1 Å². The highest BCUT2D eigenvalue weighted by molar-refractivity contribution is 6.31. The first kappa shape index (κ1) is 22.6. The van der Waals surface area contributed by atoms with E-state index < -0.39 is 11.7 Å². The maximum absolute atomic E-state index is 12.5. The smallest absolute Gasteiger partial charge is 0.410 e. The molecular weight excluding hydrogens is 390 g/mol. The average molecular weight is 418 g/mol. The number of amides is 3. The molecular formula is C22H28ClN3O3. The zero-order chi connectivity index (χ0) is 21.6. The van der Waals surface area contributed by atoms with Crippen molar-refractivity contribution in [3.05, 3.63) is 64.7 Å². The topological polar surface area (TPSA) is 70.7 Å². The van der Waals surface area contributed by atoms with Gasteiger partial charge in [0.2, 0.25) is 0 Å². The summed E-state index contributed by atoms with van der Waals surface area (Å²) in [5, 5.41) is 6.33. The lowest BCUT2D eigenvalue weighted by Crippen LogP contribution is -2.34. The molecule has 0 aliphatic carbocycles. The second kappa shape index (κ2) is 9.65. The number of nitrogens with one attached hydrogen (secondary N) is 2. The molecule has 0 bridgehead atoms. The summed E-state index contributed by atoms with van der Waals surface area (Å²) in [6, 6.07) is 14.1. The number of benzene rings is 2. The van der Waals surface area contributed by atoms with Crippen LogP contribution in [-0.4, -0.2) is 29.7 Å². The highest BCUT2D eigenvalue weighted by Gasteiger charge is 2.20. The lowest BCUT2D eigenvalue weighted by atomic mass is 10.1. The molecule has 2 rings (SSSR count). The van der Waals surface area contributed by atoms with Gasteiger partial charge < -0.3 is 20.3 Å². The molecule has 2 aromatic rings. The van der Waals surface area contributed by atoms with Crippen LogP contribution in [0.2, 0.25) is 5.02 Å². The van der Waals surface area contributed by atoms with E-state index in [4.69, 9.17) is 16.3 Å². The summed E-state index contributed by atoms with van der Waals surface area (Å²) in [4.78, 5) is 26.2. The molecule has 0 spiro atoms. The predicted octanol–water partition coefficient (Wildman–Crippen LogP) is 5.59. The van der Waals surface area contributed by atoms with Crippen LogP contribution >= 0.6 is 11.6 Å². The molecule has 1 atom stereocenters. The van der Waals surface area contributed by atoms with Gasteiger partial charge in [-0.05, 0) is 51.0 Å². The Kier molecular flexibility index (Phi) is 7.51. The van der Waals surface area contributed by atoms with Crippen molar-refractivity contribution in [3.63, 3.8) is 0 Å². The quantitative estimate of drug-likeness (QED) is 0.666. The molecule has 7 heteroatoms. The number of hydrogen-bond acceptors (Lipinski definition) is 3. The fourth-order valence-corrected chi connectivity index (χ4v) is 3.00. The van der Waals surface area contributed by atoms with Crippen molar-refractivity contribution in [1.82, 2.24) is 10.2 Å². The normalized spacial score (nSPS) is 12.1. The average Bonchev–Trinajstić information content (AvgIpc) is 2.62. The monoisotopic (exact) mass is 417 g/mol. The van der Waals surface area contributed by atoms with Crippen molar-refractivity contribution in [2.24, 2.45) is 0 Å². The van der Waals surface area contributed by atoms with Gasteiger partial charge in [-0.15, -0.1) is 0 Å². The molecule has 0 aliphatic rings. The first-order valence-electron chi connectivity index (χ1n) is 9.41. The minimum absolute atomic E-state index is 0.264. The summed E-state index contributed by atoms with van der Waals surface area (Å²) >= 11 is 6.20. The van der Waals surface area contributed by atoms with Gasteiger partial charge in [-0.2, -0.15) is 0 Å². The summed E-state index contributed by atoms with van der Waals surface area (Å²) in [6.45, 7) is 7.62. The van der Waals surface area contributed by atoms with Crippen molar-refractivity contribution in [3.8, 4) is 0 Å². The molecule has 2 N–H and O–H groups in total. The first-order chi connectivity index (χ1) is 13.6. The Bertz CT molecular complexity index is 864. The molecule has 156 valence electrons. The van der Waals surface area contributed by atoms with Crippen LogP contribution in [0.4, 0.5) is 15.3 Å². The van der Waals surface area contributed by atoms with Crippen LogP contribution < -0.4 is 10.6 Å². The zero-order valence-corrected chi connectivity index (χ0v) is 18.2. The Hall–Kier alpha value is -2.73. The van der Waals surface area contributed by atoms with E-state index in [1.807, 2.05) is 64.1 Å². The lowest BCUT2D eigenvalue weighted by Gasteiger charge is -2.25. The summed E-state index contributed by atoms with van der Waals surface area (Å²) in [7, 11) is 1.66. The van der Waals surface area contributed by atoms with Crippen LogP contribution in [0.5, 0.6) is 0 Å². The maximum atomic E-state index is 12.5. The molecule has 29 heavy (non-hydrogen) atoms. The van der Waals surface area contributed by atoms with Crippen LogP contribution in [-0.2, 0) is 11.3 Å². The highest BCUT2D eigenvalue weighted by atomic mass is 35.5. The number of hydrogen-bond donors (Lipinski definition) is 2. The van der Waals surface area contributed by atoms with Crippen LogP contribution in [0.15, 0.2) is 48.5 Å². The van der Waals surface area contributed by atoms with E-state index in [2.05, 4.69) is 10.6 Å². The van der Waals surface area contributed by atoms with Crippen molar-refractivity contribution in [2.75, 3.05) is 12.4 Å². The number of carbonyl (C=O) groups excluding carboxylic acids is 2. The van der Waals surface area contributed by atoms with Crippen LogP contribution in [0.3, 0.4) is 0 Å². The van der Waals surface area contributed by atoms with Crippen LogP contribution in [0.1, 0.15) is 44.9 Å². The summed E-state index contributed by atoms with van der Waals surface area (Å²) in [5.41, 5.74) is 1.67. The minimum Gasteiger partial charge on any atom is -0.444 e. The zero-order valence-electron chi connectivity index (χ0n) is 17.5. The molecule has 0 fully saturated rings. The standard InChI is InChI=1S/C22H28ClN3O3/c1-15(17-11-7-8-12-18(17)23)24-20(27)25-19-13-9-6-10-16(19)14-26(5)21(28)29-22(2,3)4/h6-13,15H,14H2,1-5H3,(H2,24,25,27). The van der Waals surface area contributed by atoms with Crippen molar-refractivity contribution >= 4 is 29.4 Å². The summed E-state index contributed by atoms with van der Waals surface area (Å²) in [6.07, 6.45) is -0.427. The Morgan fingerprint density at radius 2 is 1.72 bits per heavy atom. The number of anilines is 1. The van der Waals surface area contributed by atoms with E-state index in [9.17, 15) is 9.59 Å². The highest BCUT2D eigenvalue weighted by Crippen LogP contribution is 2.23. The first-order valence-corrected chi connectivity index (χ1v) is 9.78. The molecule has 1 unspecified atom stereocenters. The van der Waals surface area contributed by atoms with Crippen molar-refractivity contribution in [1.29, 1.82) is 0 Å². The van der Waals surface area contributed by atoms with Gasteiger partial charge in [0.1, 0.15) is 5.60 Å². The van der Waals surface area contributed by atoms with Crippen molar-refractivity contribution in [2.45, 2.75) is 45.9 Å². The van der Waals surface area contributed by atoms with E-state index in [1.165, 1.54) is 4.90 Å². The third-order valence-corrected chi connectivity index (χ3v) is 4.44. The number of urea groups is 1. The number of rotatable bonds is 5. The fourth-order valence-electron chi connectivity index (χ4n) is 2.70. The molecule has 0 saturated heterocycles. The Morgan fingerprint density at radius 3 is 2.38 bits per heavy atom. The third kappa shape index (κ3) is 6.98. The van der Waals surface area contributed by atoms with Gasteiger partial charge in [0.25, 0.3) is 0 Å². The van der Waals surface area contributed by atoms with Gasteiger partial charge in [-0.25, -0.2) is 9.59 Å². The van der Waals surface area contributed by atoms with Crippen LogP contribution in [0, 0.1) is 0 Å². The summed E-state index contributed by atoms with van der Waals surface area (Å²) < 4.78 is 5.38. The Labute approximate surface area is 177 Å². The molecule has 0 aliphatic heterocycles. The Morgan fingerprint density at radius 1 is 1.10 bits per heavy atom. The van der Waals surface area contributed by atoms with E-state index in [0.717, 1.165) is 11.1 Å². The Balaban J connectivity index is 2.04. The largest absolute Gasteiger partial charge is 0.444 e. The molecule has 2 aromatic carbocycles.